The van der Waals surface area contributed by atoms with Gasteiger partial charge in [0.2, 0.25) is 21.8 Å². The van der Waals surface area contributed by atoms with E-state index < -0.39 is 46.0 Å². The monoisotopic (exact) mass is 756 g/mol. The van der Waals surface area contributed by atoms with Crippen LogP contribution in [-0.4, -0.2) is 76.6 Å². The van der Waals surface area contributed by atoms with Gasteiger partial charge >= 0.3 is 0 Å². The second-order valence-electron chi connectivity index (χ2n) is 13.9. The van der Waals surface area contributed by atoms with Crippen LogP contribution in [0, 0.1) is 5.92 Å². The molecule has 4 rings (SSSR count). The molecule has 0 aliphatic carbocycles. The normalized spacial score (nSPS) is 13.7. The Morgan fingerprint density at radius 1 is 0.722 bits per heavy atom. The van der Waals surface area contributed by atoms with E-state index in [0.29, 0.717) is 13.0 Å². The van der Waals surface area contributed by atoms with Crippen LogP contribution in [0.2, 0.25) is 0 Å². The number of hydrogen-bond acceptors (Lipinski definition) is 7. The molecule has 4 aromatic carbocycles. The van der Waals surface area contributed by atoms with Gasteiger partial charge < -0.3 is 26.6 Å². The minimum absolute atomic E-state index is 0.0806. The van der Waals surface area contributed by atoms with Crippen LogP contribution in [0.15, 0.2) is 91.0 Å². The van der Waals surface area contributed by atoms with Crippen LogP contribution >= 0.6 is 0 Å². The highest BCUT2D eigenvalue weighted by Crippen LogP contribution is 2.24. The lowest BCUT2D eigenvalue weighted by Gasteiger charge is -2.25. The number of carbonyl (C=O) groups excluding carboxylic acids is 4. The number of sulfonamides is 1. The van der Waals surface area contributed by atoms with Crippen molar-refractivity contribution in [1.82, 2.24) is 26.6 Å². The third kappa shape index (κ3) is 11.4. The Balaban J connectivity index is 1.57. The molecule has 0 radical (unpaired) electrons. The fourth-order valence-electron chi connectivity index (χ4n) is 5.94. The predicted molar refractivity (Wildman–Crippen MR) is 214 cm³/mol. The first-order chi connectivity index (χ1) is 25.6. The lowest BCUT2D eigenvalue weighted by Crippen LogP contribution is -2.55. The van der Waals surface area contributed by atoms with E-state index in [4.69, 9.17) is 0 Å². The highest BCUT2D eigenvalue weighted by atomic mass is 32.2. The second kappa shape index (κ2) is 18.7. The summed E-state index contributed by atoms with van der Waals surface area (Å²) < 4.78 is 26.2. The van der Waals surface area contributed by atoms with E-state index in [2.05, 4.69) is 26.6 Å². The summed E-state index contributed by atoms with van der Waals surface area (Å²) in [7, 11) is -2.39. The van der Waals surface area contributed by atoms with Crippen molar-refractivity contribution in [2.45, 2.75) is 65.2 Å². The highest BCUT2D eigenvalue weighted by molar-refractivity contribution is 7.92. The smallest absolute Gasteiger partial charge is 0.251 e. The Morgan fingerprint density at radius 2 is 1.33 bits per heavy atom. The zero-order chi connectivity index (χ0) is 39.6. The van der Waals surface area contributed by atoms with Crippen LogP contribution in [0.5, 0.6) is 0 Å². The second-order valence-corrected chi connectivity index (χ2v) is 15.9. The third-order valence-corrected chi connectivity index (χ3v) is 10.5. The molecule has 4 atom stereocenters. The summed E-state index contributed by atoms with van der Waals surface area (Å²) in [5.74, 6) is -1.78. The van der Waals surface area contributed by atoms with Gasteiger partial charge in [0.25, 0.3) is 11.8 Å². The summed E-state index contributed by atoms with van der Waals surface area (Å²) in [6.07, 6.45) is 1.45. The van der Waals surface area contributed by atoms with Gasteiger partial charge in [0.15, 0.2) is 0 Å². The maximum Gasteiger partial charge on any atom is 0.251 e. The number of likely N-dealkylation sites (N-methyl/N-ethyl adjacent to an activating group) is 1. The molecule has 0 spiro atoms. The SMILES string of the molecule is CCNC(=O)[C@@H](NC(=O)[C@H](C)NC[C@H](Cc1ccccc1)NC(=O)c1cc(C(=O)N[C@H](C)c2ccc3ccccc3c2)cc(N(C)S(C)(=O)=O)c1)C(C)C. The maximum atomic E-state index is 14.0. The number of nitrogens with zero attached hydrogens (tertiary/aromatic N) is 1. The number of hydrogen-bond donors (Lipinski definition) is 5. The summed E-state index contributed by atoms with van der Waals surface area (Å²) in [5.41, 5.74) is 2.15. The number of nitrogens with one attached hydrogen (secondary N) is 5. The van der Waals surface area contributed by atoms with Crippen molar-refractivity contribution in [3.05, 3.63) is 113 Å². The summed E-state index contributed by atoms with van der Waals surface area (Å²) >= 11 is 0. The van der Waals surface area contributed by atoms with Crippen molar-refractivity contribution >= 4 is 50.1 Å². The molecule has 5 N–H and O–H groups in total. The van der Waals surface area contributed by atoms with E-state index in [1.807, 2.05) is 100 Å². The lowest BCUT2D eigenvalue weighted by atomic mass is 10.0. The molecule has 0 saturated heterocycles. The summed E-state index contributed by atoms with van der Waals surface area (Å²) in [6, 6.07) is 25.3. The number of benzene rings is 4. The van der Waals surface area contributed by atoms with Crippen LogP contribution in [0.25, 0.3) is 10.8 Å². The Bertz CT molecular complexity index is 2060. The number of fused-ring (bicyclic) bond motifs is 1. The van der Waals surface area contributed by atoms with Gasteiger partial charge in [-0.05, 0) is 79.3 Å². The van der Waals surface area contributed by atoms with Crippen molar-refractivity contribution in [3.8, 4) is 0 Å². The summed E-state index contributed by atoms with van der Waals surface area (Å²) in [6.45, 7) is 9.68. The fourth-order valence-corrected chi connectivity index (χ4v) is 6.43. The van der Waals surface area contributed by atoms with Gasteiger partial charge in [-0.15, -0.1) is 0 Å². The van der Waals surface area contributed by atoms with E-state index in [0.717, 1.165) is 32.5 Å². The van der Waals surface area contributed by atoms with Crippen molar-refractivity contribution < 1.29 is 27.6 Å². The largest absolute Gasteiger partial charge is 0.355 e. The average Bonchev–Trinajstić information content (AvgIpc) is 3.14. The van der Waals surface area contributed by atoms with Gasteiger partial charge in [0.05, 0.1) is 24.0 Å². The van der Waals surface area contributed by atoms with E-state index in [-0.39, 0.29) is 41.1 Å². The van der Waals surface area contributed by atoms with Crippen LogP contribution in [0.3, 0.4) is 0 Å². The Kier molecular flexibility index (Phi) is 14.3. The molecule has 0 saturated carbocycles. The molecule has 0 fully saturated rings. The molecule has 0 bridgehead atoms. The van der Waals surface area contributed by atoms with E-state index >= 15 is 0 Å². The molecule has 0 heterocycles. The van der Waals surface area contributed by atoms with Crippen molar-refractivity contribution in [1.29, 1.82) is 0 Å². The average molecular weight is 757 g/mol. The van der Waals surface area contributed by atoms with Gasteiger partial charge in [0, 0.05) is 37.3 Å². The quantitative estimate of drug-likeness (QED) is 0.107. The Morgan fingerprint density at radius 3 is 1.94 bits per heavy atom. The van der Waals surface area contributed by atoms with Gasteiger partial charge in [-0.25, -0.2) is 8.42 Å². The fraction of sp³-hybridized carbons (Fsp3) is 0.366. The Hall–Kier alpha value is -5.27. The molecule has 12 nitrogen and oxygen atoms in total. The number of carbonyl (C=O) groups is 4. The first-order valence-electron chi connectivity index (χ1n) is 18.1. The van der Waals surface area contributed by atoms with E-state index in [9.17, 15) is 27.6 Å². The first kappa shape index (κ1) is 41.5. The molecular weight excluding hydrogens is 705 g/mol. The summed E-state index contributed by atoms with van der Waals surface area (Å²) in [5, 5.41) is 16.9. The molecule has 4 aromatic rings. The first-order valence-corrected chi connectivity index (χ1v) is 20.0. The predicted octanol–water partition coefficient (Wildman–Crippen LogP) is 4.32. The molecule has 288 valence electrons. The number of anilines is 1. The molecule has 13 heteroatoms. The van der Waals surface area contributed by atoms with Gasteiger partial charge in [0.1, 0.15) is 6.04 Å². The highest BCUT2D eigenvalue weighted by Gasteiger charge is 2.27. The molecule has 0 aliphatic heterocycles. The zero-order valence-electron chi connectivity index (χ0n) is 32.0. The Labute approximate surface area is 318 Å². The minimum atomic E-state index is -3.74. The van der Waals surface area contributed by atoms with Gasteiger partial charge in [-0.3, -0.25) is 23.5 Å². The third-order valence-electron chi connectivity index (χ3n) is 9.25. The van der Waals surface area contributed by atoms with Gasteiger partial charge in [-0.2, -0.15) is 0 Å². The number of amides is 4. The topological polar surface area (TPSA) is 166 Å². The van der Waals surface area contributed by atoms with Crippen molar-refractivity contribution in [3.63, 3.8) is 0 Å². The van der Waals surface area contributed by atoms with Crippen LogP contribution < -0.4 is 30.9 Å². The summed E-state index contributed by atoms with van der Waals surface area (Å²) in [4.78, 5) is 53.4. The van der Waals surface area contributed by atoms with E-state index in [1.54, 1.807) is 6.92 Å². The maximum absolute atomic E-state index is 14.0. The van der Waals surface area contributed by atoms with Crippen LogP contribution in [0.1, 0.15) is 72.5 Å². The number of rotatable bonds is 17. The van der Waals surface area contributed by atoms with Gasteiger partial charge in [-0.1, -0.05) is 80.6 Å². The van der Waals surface area contributed by atoms with Crippen molar-refractivity contribution in [2.75, 3.05) is 30.7 Å². The molecule has 0 unspecified atom stereocenters. The van der Waals surface area contributed by atoms with Crippen LogP contribution in [-0.2, 0) is 26.0 Å². The lowest BCUT2D eigenvalue weighted by molar-refractivity contribution is -0.130. The zero-order valence-corrected chi connectivity index (χ0v) is 32.8. The molecule has 0 aromatic heterocycles. The minimum Gasteiger partial charge on any atom is -0.355 e. The molecular formula is C41H52N6O6S. The van der Waals surface area contributed by atoms with E-state index in [1.165, 1.54) is 25.2 Å². The molecule has 4 amide bonds. The molecule has 54 heavy (non-hydrogen) atoms. The molecule has 0 aliphatic rings. The van der Waals surface area contributed by atoms with Crippen molar-refractivity contribution in [2.24, 2.45) is 5.92 Å². The standard InChI is InChI=1S/C41H52N6O6S/c1-8-42-41(51)37(26(2)3)46-38(48)28(5)43-25-35(20-29-14-10-9-11-15-29)45-40(50)34-22-33(23-36(24-34)47(6)54(7,52)53)39(49)44-27(4)31-19-18-30-16-12-13-17-32(30)21-31/h9-19,21-24,26-28,35,37,43H,8,20,25H2,1-7H3,(H,42,51)(H,44,49)(H,45,50)(H,46,48)/t27-,28+,35+,37+/m1/s1. The van der Waals surface area contributed by atoms with Crippen LogP contribution in [0.4, 0.5) is 5.69 Å².